The number of anilines is 1. The number of hydrogen-bond donors (Lipinski definition) is 2. The molecule has 1 aromatic rings. The third-order valence-corrected chi connectivity index (χ3v) is 1.93. The van der Waals surface area contributed by atoms with Crippen LogP contribution in [0.4, 0.5) is 5.00 Å². The van der Waals surface area contributed by atoms with E-state index in [4.69, 9.17) is 5.14 Å². The Morgan fingerprint density at radius 1 is 1.75 bits per heavy atom. The SMILES string of the molecule is NSNc1cccs1. The highest BCUT2D eigenvalue weighted by Crippen LogP contribution is 2.16. The Kier molecular flexibility index (Phi) is 2.20. The summed E-state index contributed by atoms with van der Waals surface area (Å²) in [5.41, 5.74) is 0. The van der Waals surface area contributed by atoms with Gasteiger partial charge in [0.05, 0.1) is 5.00 Å². The van der Waals surface area contributed by atoms with Gasteiger partial charge in [-0.25, -0.2) is 0 Å². The van der Waals surface area contributed by atoms with Gasteiger partial charge < -0.3 is 4.72 Å². The molecule has 3 N–H and O–H groups in total. The lowest BCUT2D eigenvalue weighted by Crippen LogP contribution is -1.87. The second kappa shape index (κ2) is 2.96. The molecule has 0 spiro atoms. The minimum atomic E-state index is 1.09. The molecule has 8 heavy (non-hydrogen) atoms. The van der Waals surface area contributed by atoms with Crippen LogP contribution in [0.1, 0.15) is 0 Å². The van der Waals surface area contributed by atoms with Gasteiger partial charge in [-0.3, -0.25) is 5.14 Å². The molecule has 0 aromatic carbocycles. The molecule has 0 amide bonds. The molecule has 2 nitrogen and oxygen atoms in total. The average molecular weight is 146 g/mol. The summed E-state index contributed by atoms with van der Waals surface area (Å²) < 4.78 is 2.90. The second-order valence-corrected chi connectivity index (χ2v) is 2.58. The van der Waals surface area contributed by atoms with Gasteiger partial charge >= 0.3 is 0 Å². The molecule has 0 aliphatic rings. The normalized spacial score (nSPS) is 9.12. The van der Waals surface area contributed by atoms with E-state index in [9.17, 15) is 0 Å². The van der Waals surface area contributed by atoms with E-state index >= 15 is 0 Å². The van der Waals surface area contributed by atoms with Crippen LogP contribution >= 0.6 is 23.5 Å². The summed E-state index contributed by atoms with van der Waals surface area (Å²) in [6.45, 7) is 0. The van der Waals surface area contributed by atoms with Crippen LogP contribution in [-0.2, 0) is 0 Å². The predicted molar refractivity (Wildman–Crippen MR) is 39.7 cm³/mol. The summed E-state index contributed by atoms with van der Waals surface area (Å²) in [6.07, 6.45) is 0. The molecule has 1 heterocycles. The molecule has 4 heteroatoms. The maximum Gasteiger partial charge on any atom is 0.0991 e. The maximum atomic E-state index is 5.13. The fraction of sp³-hybridized carbons (Fsp3) is 0. The van der Waals surface area contributed by atoms with Gasteiger partial charge in [0.15, 0.2) is 0 Å². The van der Waals surface area contributed by atoms with Crippen LogP contribution in [0, 0.1) is 0 Å². The highest BCUT2D eigenvalue weighted by molar-refractivity contribution is 7.98. The van der Waals surface area contributed by atoms with Gasteiger partial charge in [-0.1, -0.05) is 0 Å². The van der Waals surface area contributed by atoms with E-state index in [0.717, 1.165) is 17.1 Å². The van der Waals surface area contributed by atoms with Gasteiger partial charge in [0.2, 0.25) is 0 Å². The van der Waals surface area contributed by atoms with E-state index in [1.165, 1.54) is 0 Å². The molecule has 0 unspecified atom stereocenters. The molecule has 0 fully saturated rings. The molecular formula is C4H6N2S2. The van der Waals surface area contributed by atoms with Crippen LogP contribution in [0.25, 0.3) is 0 Å². The van der Waals surface area contributed by atoms with Gasteiger partial charge in [-0.2, -0.15) is 0 Å². The van der Waals surface area contributed by atoms with Crippen molar-refractivity contribution in [1.29, 1.82) is 0 Å². The predicted octanol–water partition coefficient (Wildman–Crippen LogP) is 1.68. The maximum absolute atomic E-state index is 5.13. The molecule has 44 valence electrons. The van der Waals surface area contributed by atoms with Crippen LogP contribution in [-0.4, -0.2) is 0 Å². The molecule has 0 saturated heterocycles. The van der Waals surface area contributed by atoms with Crippen LogP contribution < -0.4 is 9.86 Å². The van der Waals surface area contributed by atoms with Crippen LogP contribution in [0.5, 0.6) is 0 Å². The fourth-order valence-corrected chi connectivity index (χ4v) is 1.38. The number of hydrogen-bond acceptors (Lipinski definition) is 4. The number of nitrogens with two attached hydrogens (primary N) is 1. The lowest BCUT2D eigenvalue weighted by atomic mass is 10.6. The summed E-state index contributed by atoms with van der Waals surface area (Å²) in [6, 6.07) is 3.95. The first kappa shape index (κ1) is 5.94. The Hall–Kier alpha value is -0.190. The molecule has 1 aromatic heterocycles. The van der Waals surface area contributed by atoms with E-state index in [1.807, 2.05) is 17.5 Å². The first-order valence-corrected chi connectivity index (χ1v) is 3.84. The molecular weight excluding hydrogens is 140 g/mol. The van der Waals surface area contributed by atoms with Crippen molar-refractivity contribution in [1.82, 2.24) is 0 Å². The number of nitrogens with one attached hydrogen (secondary N) is 1. The zero-order chi connectivity index (χ0) is 5.82. The Balaban J connectivity index is 2.50. The molecule has 0 radical (unpaired) electrons. The molecule has 1 rings (SSSR count). The zero-order valence-electron chi connectivity index (χ0n) is 4.13. The third-order valence-electron chi connectivity index (χ3n) is 0.681. The Morgan fingerprint density at radius 3 is 3.12 bits per heavy atom. The first-order chi connectivity index (χ1) is 3.93. The van der Waals surface area contributed by atoms with Crippen molar-refractivity contribution in [3.05, 3.63) is 17.5 Å². The van der Waals surface area contributed by atoms with Crippen molar-refractivity contribution >= 4 is 28.5 Å². The van der Waals surface area contributed by atoms with Gasteiger partial charge in [0.25, 0.3) is 0 Å². The fourth-order valence-electron chi connectivity index (χ4n) is 0.395. The van der Waals surface area contributed by atoms with Gasteiger partial charge in [-0.05, 0) is 17.5 Å². The van der Waals surface area contributed by atoms with E-state index < -0.39 is 0 Å². The monoisotopic (exact) mass is 146 g/mol. The van der Waals surface area contributed by atoms with Crippen molar-refractivity contribution in [2.75, 3.05) is 4.72 Å². The molecule has 0 aliphatic carbocycles. The van der Waals surface area contributed by atoms with E-state index in [1.54, 1.807) is 11.3 Å². The minimum Gasteiger partial charge on any atom is -0.308 e. The highest BCUT2D eigenvalue weighted by Gasteiger charge is 1.85. The van der Waals surface area contributed by atoms with Crippen molar-refractivity contribution in [2.45, 2.75) is 0 Å². The topological polar surface area (TPSA) is 38.0 Å². The van der Waals surface area contributed by atoms with Crippen molar-refractivity contribution in [2.24, 2.45) is 5.14 Å². The standard InChI is InChI=1S/C4H6N2S2/c5-8-6-4-2-1-3-7-4/h1-3,6H,5H2. The third kappa shape index (κ3) is 1.40. The summed E-state index contributed by atoms with van der Waals surface area (Å²) in [4.78, 5) is 0. The summed E-state index contributed by atoms with van der Waals surface area (Å²) >= 11 is 2.76. The lowest BCUT2D eigenvalue weighted by Gasteiger charge is -1.91. The molecule has 0 bridgehead atoms. The lowest BCUT2D eigenvalue weighted by molar-refractivity contribution is 1.89. The Morgan fingerprint density at radius 2 is 2.62 bits per heavy atom. The number of rotatable bonds is 2. The summed E-state index contributed by atoms with van der Waals surface area (Å²) in [5, 5.41) is 8.23. The Labute approximate surface area is 56.4 Å². The minimum absolute atomic E-state index is 1.09. The van der Waals surface area contributed by atoms with E-state index in [2.05, 4.69) is 4.72 Å². The molecule has 0 aliphatic heterocycles. The van der Waals surface area contributed by atoms with Crippen LogP contribution in [0.2, 0.25) is 0 Å². The second-order valence-electron chi connectivity index (χ2n) is 1.20. The van der Waals surface area contributed by atoms with Gasteiger partial charge in [-0.15, -0.1) is 11.3 Å². The molecule has 0 saturated carbocycles. The smallest absolute Gasteiger partial charge is 0.0991 e. The van der Waals surface area contributed by atoms with E-state index in [0.29, 0.717) is 0 Å². The largest absolute Gasteiger partial charge is 0.308 e. The first-order valence-electron chi connectivity index (χ1n) is 2.08. The zero-order valence-corrected chi connectivity index (χ0v) is 5.76. The van der Waals surface area contributed by atoms with Crippen molar-refractivity contribution in [3.63, 3.8) is 0 Å². The van der Waals surface area contributed by atoms with Gasteiger partial charge in [0.1, 0.15) is 0 Å². The quantitative estimate of drug-likeness (QED) is 0.623. The average Bonchev–Trinajstić information content (AvgIpc) is 2.19. The van der Waals surface area contributed by atoms with Crippen LogP contribution in [0.3, 0.4) is 0 Å². The summed E-state index contributed by atoms with van der Waals surface area (Å²) in [5.74, 6) is 0. The van der Waals surface area contributed by atoms with Crippen molar-refractivity contribution in [3.8, 4) is 0 Å². The number of thiophene rings is 1. The summed E-state index contributed by atoms with van der Waals surface area (Å²) in [7, 11) is 0. The highest BCUT2D eigenvalue weighted by atomic mass is 32.2. The van der Waals surface area contributed by atoms with Crippen LogP contribution in [0.15, 0.2) is 17.5 Å². The molecule has 0 atom stereocenters. The Bertz CT molecular complexity index is 138. The van der Waals surface area contributed by atoms with E-state index in [-0.39, 0.29) is 0 Å². The van der Waals surface area contributed by atoms with Gasteiger partial charge in [0, 0.05) is 12.1 Å². The van der Waals surface area contributed by atoms with Crippen molar-refractivity contribution < 1.29 is 0 Å².